The number of hydrogen-bond acceptors (Lipinski definition) is 4. The number of hydrogen-bond donors (Lipinski definition) is 1. The Morgan fingerprint density at radius 1 is 1.11 bits per heavy atom. The van der Waals surface area contributed by atoms with Crippen LogP contribution in [-0.4, -0.2) is 32.4 Å². The zero-order valence-corrected chi connectivity index (χ0v) is 15.6. The van der Waals surface area contributed by atoms with E-state index >= 15 is 0 Å². The van der Waals surface area contributed by atoms with Crippen molar-refractivity contribution in [2.45, 2.75) is 6.54 Å². The molecule has 28 heavy (non-hydrogen) atoms. The zero-order chi connectivity index (χ0) is 19.8. The fraction of sp³-hybridized carbons (Fsp3) is 0.100. The molecule has 0 spiro atoms. The minimum absolute atomic E-state index is 0.0727. The summed E-state index contributed by atoms with van der Waals surface area (Å²) in [6, 6.07) is 11.5. The van der Waals surface area contributed by atoms with E-state index in [2.05, 4.69) is 10.4 Å². The molecule has 1 aliphatic rings. The Bertz CT molecular complexity index is 1120. The number of carbonyl (C=O) groups is 3. The lowest BCUT2D eigenvalue weighted by Gasteiger charge is -2.14. The van der Waals surface area contributed by atoms with Gasteiger partial charge in [0.05, 0.1) is 29.6 Å². The average molecular weight is 395 g/mol. The number of imide groups is 1. The first-order valence-corrected chi connectivity index (χ1v) is 8.85. The third-order valence-electron chi connectivity index (χ3n) is 4.48. The molecule has 4 rings (SSSR count). The van der Waals surface area contributed by atoms with E-state index in [0.717, 1.165) is 4.90 Å². The van der Waals surface area contributed by atoms with Crippen molar-refractivity contribution < 1.29 is 14.4 Å². The summed E-state index contributed by atoms with van der Waals surface area (Å²) in [5.74, 6) is -1.24. The molecule has 0 radical (unpaired) electrons. The number of carbonyl (C=O) groups excluding carboxylic acids is 3. The fourth-order valence-electron chi connectivity index (χ4n) is 3.06. The first-order valence-electron chi connectivity index (χ1n) is 8.47. The van der Waals surface area contributed by atoms with E-state index in [-0.39, 0.29) is 29.1 Å². The van der Waals surface area contributed by atoms with Crippen LogP contribution in [0.3, 0.4) is 0 Å². The van der Waals surface area contributed by atoms with Gasteiger partial charge in [0.2, 0.25) is 0 Å². The van der Waals surface area contributed by atoms with E-state index in [1.165, 1.54) is 24.4 Å². The second kappa shape index (κ2) is 6.94. The van der Waals surface area contributed by atoms with Crippen molar-refractivity contribution in [2.24, 2.45) is 7.05 Å². The van der Waals surface area contributed by atoms with Gasteiger partial charge in [-0.25, -0.2) is 0 Å². The Morgan fingerprint density at radius 3 is 2.57 bits per heavy atom. The quantitative estimate of drug-likeness (QED) is 0.689. The number of nitrogens with zero attached hydrogens (tertiary/aromatic N) is 3. The van der Waals surface area contributed by atoms with E-state index in [0.29, 0.717) is 16.3 Å². The number of nitrogens with one attached hydrogen (secondary N) is 1. The molecule has 0 unspecified atom stereocenters. The van der Waals surface area contributed by atoms with Crippen LogP contribution in [0.25, 0.3) is 0 Å². The number of amides is 3. The minimum atomic E-state index is -0.448. The van der Waals surface area contributed by atoms with Crippen molar-refractivity contribution in [3.63, 3.8) is 0 Å². The molecule has 0 saturated carbocycles. The topological polar surface area (TPSA) is 84.3 Å². The van der Waals surface area contributed by atoms with E-state index in [1.807, 2.05) is 0 Å². The Kier molecular flexibility index (Phi) is 4.44. The van der Waals surface area contributed by atoms with Gasteiger partial charge in [0.25, 0.3) is 17.7 Å². The third kappa shape index (κ3) is 3.16. The summed E-state index contributed by atoms with van der Waals surface area (Å²) in [6.45, 7) is 0.0727. The lowest BCUT2D eigenvalue weighted by molar-refractivity contribution is 0.0642. The van der Waals surface area contributed by atoms with E-state index < -0.39 is 11.8 Å². The van der Waals surface area contributed by atoms with E-state index in [1.54, 1.807) is 42.2 Å². The second-order valence-corrected chi connectivity index (χ2v) is 6.81. The van der Waals surface area contributed by atoms with Gasteiger partial charge in [0, 0.05) is 23.8 Å². The predicted molar refractivity (Wildman–Crippen MR) is 103 cm³/mol. The van der Waals surface area contributed by atoms with Gasteiger partial charge >= 0.3 is 0 Å². The summed E-state index contributed by atoms with van der Waals surface area (Å²) >= 11 is 6.15. The van der Waals surface area contributed by atoms with Gasteiger partial charge in [-0.1, -0.05) is 29.8 Å². The fourth-order valence-corrected chi connectivity index (χ4v) is 3.26. The molecular formula is C20H15ClN4O3. The van der Waals surface area contributed by atoms with Crippen molar-refractivity contribution in [1.29, 1.82) is 0 Å². The van der Waals surface area contributed by atoms with Crippen LogP contribution in [0.15, 0.2) is 54.9 Å². The molecule has 2 aromatic carbocycles. The molecule has 0 bridgehead atoms. The number of aromatic nitrogens is 2. The highest BCUT2D eigenvalue weighted by molar-refractivity contribution is 6.31. The van der Waals surface area contributed by atoms with Crippen LogP contribution in [0.4, 0.5) is 5.69 Å². The van der Waals surface area contributed by atoms with Crippen molar-refractivity contribution in [3.05, 3.63) is 82.1 Å². The van der Waals surface area contributed by atoms with E-state index in [4.69, 9.17) is 11.6 Å². The Morgan fingerprint density at radius 2 is 1.86 bits per heavy atom. The van der Waals surface area contributed by atoms with Gasteiger partial charge in [-0.15, -0.1) is 0 Å². The molecule has 0 saturated heterocycles. The molecule has 8 heteroatoms. The van der Waals surface area contributed by atoms with Crippen molar-refractivity contribution >= 4 is 35.0 Å². The predicted octanol–water partition coefficient (Wildman–Crippen LogP) is 3.12. The molecule has 7 nitrogen and oxygen atoms in total. The van der Waals surface area contributed by atoms with Crippen molar-refractivity contribution in [2.75, 3.05) is 5.32 Å². The SMILES string of the molecule is Cn1cc(NC(=O)c2ccc3c(c2)C(=O)N(Cc2ccccc2Cl)C3=O)cn1. The van der Waals surface area contributed by atoms with Crippen LogP contribution in [0.1, 0.15) is 36.6 Å². The molecular weight excluding hydrogens is 380 g/mol. The smallest absolute Gasteiger partial charge is 0.261 e. The molecule has 1 N–H and O–H groups in total. The number of fused-ring (bicyclic) bond motifs is 1. The van der Waals surface area contributed by atoms with Crippen molar-refractivity contribution in [3.8, 4) is 0 Å². The van der Waals surface area contributed by atoms with Crippen LogP contribution in [0, 0.1) is 0 Å². The highest BCUT2D eigenvalue weighted by atomic mass is 35.5. The first-order chi connectivity index (χ1) is 13.4. The van der Waals surface area contributed by atoms with Crippen LogP contribution < -0.4 is 5.32 Å². The molecule has 3 aromatic rings. The number of anilines is 1. The maximum absolute atomic E-state index is 12.8. The average Bonchev–Trinajstić information content (AvgIpc) is 3.19. The van der Waals surface area contributed by atoms with Crippen LogP contribution >= 0.6 is 11.6 Å². The maximum atomic E-state index is 12.8. The maximum Gasteiger partial charge on any atom is 0.261 e. The normalized spacial score (nSPS) is 13.0. The minimum Gasteiger partial charge on any atom is -0.319 e. The largest absolute Gasteiger partial charge is 0.319 e. The van der Waals surface area contributed by atoms with Gasteiger partial charge in [-0.3, -0.25) is 24.0 Å². The molecule has 140 valence electrons. The summed E-state index contributed by atoms with van der Waals surface area (Å²) in [6.07, 6.45) is 3.18. The molecule has 2 heterocycles. The van der Waals surface area contributed by atoms with Crippen LogP contribution in [0.5, 0.6) is 0 Å². The van der Waals surface area contributed by atoms with E-state index in [9.17, 15) is 14.4 Å². The summed E-state index contributed by atoms with van der Waals surface area (Å²) in [7, 11) is 1.74. The highest BCUT2D eigenvalue weighted by Gasteiger charge is 2.36. The van der Waals surface area contributed by atoms with Gasteiger partial charge < -0.3 is 5.32 Å². The summed E-state index contributed by atoms with van der Waals surface area (Å²) < 4.78 is 1.56. The standard InChI is InChI=1S/C20H15ClN4O3/c1-24-11-14(9-22-24)23-18(26)12-6-7-15-16(8-12)20(28)25(19(15)27)10-13-4-2-3-5-17(13)21/h2-9,11H,10H2,1H3,(H,23,26). The number of halogens is 1. The number of rotatable bonds is 4. The lowest BCUT2D eigenvalue weighted by atomic mass is 10.1. The molecule has 0 fully saturated rings. The highest BCUT2D eigenvalue weighted by Crippen LogP contribution is 2.27. The monoisotopic (exact) mass is 394 g/mol. The van der Waals surface area contributed by atoms with Crippen LogP contribution in [-0.2, 0) is 13.6 Å². The molecule has 1 aliphatic heterocycles. The molecule has 3 amide bonds. The lowest BCUT2D eigenvalue weighted by Crippen LogP contribution is -2.29. The second-order valence-electron chi connectivity index (χ2n) is 6.41. The summed E-state index contributed by atoms with van der Waals surface area (Å²) in [5.41, 5.74) is 1.97. The molecule has 0 atom stereocenters. The van der Waals surface area contributed by atoms with Crippen LogP contribution in [0.2, 0.25) is 5.02 Å². The Hall–Kier alpha value is -3.45. The Labute approximate surface area is 165 Å². The van der Waals surface area contributed by atoms with Crippen molar-refractivity contribution in [1.82, 2.24) is 14.7 Å². The number of aryl methyl sites for hydroxylation is 1. The van der Waals surface area contributed by atoms with Gasteiger partial charge in [0.1, 0.15) is 0 Å². The Balaban J connectivity index is 1.58. The van der Waals surface area contributed by atoms with Gasteiger partial charge in [-0.2, -0.15) is 5.10 Å². The summed E-state index contributed by atoms with van der Waals surface area (Å²) in [4.78, 5) is 39.0. The molecule has 0 aliphatic carbocycles. The number of benzene rings is 2. The molecule has 1 aromatic heterocycles. The third-order valence-corrected chi connectivity index (χ3v) is 4.85. The zero-order valence-electron chi connectivity index (χ0n) is 14.8. The summed E-state index contributed by atoms with van der Waals surface area (Å²) in [5, 5.41) is 7.17. The van der Waals surface area contributed by atoms with Gasteiger partial charge in [-0.05, 0) is 29.8 Å². The van der Waals surface area contributed by atoms with Gasteiger partial charge in [0.15, 0.2) is 0 Å². The first kappa shape index (κ1) is 17.9.